The number of hydrogen-bond acceptors (Lipinski definition) is 7. The Morgan fingerprint density at radius 2 is 1.72 bits per heavy atom. The van der Waals surface area contributed by atoms with E-state index in [9.17, 15) is 37.1 Å². The SMILES string of the molecule is C[C@H](NC(=O)Cc1ccncc1)C(=O)N[C@@H](CC(N)=O)C(=O)OC(=O)C(F)(F)F. The normalized spacial score (nSPS) is 13.0. The van der Waals surface area contributed by atoms with Crippen molar-refractivity contribution in [3.05, 3.63) is 30.1 Å². The molecule has 4 N–H and O–H groups in total. The van der Waals surface area contributed by atoms with Gasteiger partial charge in [-0.1, -0.05) is 0 Å². The highest BCUT2D eigenvalue weighted by Crippen LogP contribution is 2.17. The van der Waals surface area contributed by atoms with E-state index in [0.29, 0.717) is 5.56 Å². The molecule has 1 aromatic heterocycles. The number of carbonyl (C=O) groups is 5. The number of nitrogens with two attached hydrogens (primary N) is 1. The van der Waals surface area contributed by atoms with Crippen LogP contribution < -0.4 is 16.4 Å². The molecule has 0 unspecified atom stereocenters. The van der Waals surface area contributed by atoms with Crippen LogP contribution >= 0.6 is 0 Å². The van der Waals surface area contributed by atoms with Gasteiger partial charge < -0.3 is 21.1 Å². The van der Waals surface area contributed by atoms with E-state index in [1.54, 1.807) is 12.1 Å². The third-order valence-corrected chi connectivity index (χ3v) is 3.32. The average molecular weight is 418 g/mol. The van der Waals surface area contributed by atoms with Crippen molar-refractivity contribution in [2.24, 2.45) is 5.73 Å². The number of rotatable bonds is 8. The van der Waals surface area contributed by atoms with Gasteiger partial charge in [-0.2, -0.15) is 13.2 Å². The maximum absolute atomic E-state index is 12.2. The molecule has 0 radical (unpaired) electrons. The quantitative estimate of drug-likeness (QED) is 0.365. The van der Waals surface area contributed by atoms with Crippen molar-refractivity contribution in [1.82, 2.24) is 15.6 Å². The Hall–Kier alpha value is -3.51. The topological polar surface area (TPSA) is 158 Å². The molecule has 2 atom stereocenters. The Morgan fingerprint density at radius 1 is 1.14 bits per heavy atom. The summed E-state index contributed by atoms with van der Waals surface area (Å²) >= 11 is 0. The zero-order chi connectivity index (χ0) is 22.2. The second-order valence-electron chi connectivity index (χ2n) is 5.76. The summed E-state index contributed by atoms with van der Waals surface area (Å²) in [6, 6.07) is -0.0430. The van der Waals surface area contributed by atoms with Gasteiger partial charge in [0.1, 0.15) is 12.1 Å². The Labute approximate surface area is 162 Å². The first-order valence-corrected chi connectivity index (χ1v) is 8.00. The van der Waals surface area contributed by atoms with Crippen molar-refractivity contribution in [2.45, 2.75) is 38.0 Å². The van der Waals surface area contributed by atoms with Gasteiger partial charge in [-0.25, -0.2) is 9.59 Å². The number of halogens is 3. The van der Waals surface area contributed by atoms with E-state index in [1.165, 1.54) is 19.3 Å². The van der Waals surface area contributed by atoms with Crippen molar-refractivity contribution in [2.75, 3.05) is 0 Å². The summed E-state index contributed by atoms with van der Waals surface area (Å²) in [6.07, 6.45) is -3.55. The van der Waals surface area contributed by atoms with E-state index in [0.717, 1.165) is 0 Å². The molecule has 0 bridgehead atoms. The fraction of sp³-hybridized carbons (Fsp3) is 0.375. The van der Waals surface area contributed by atoms with E-state index in [1.807, 2.05) is 5.32 Å². The maximum atomic E-state index is 12.2. The van der Waals surface area contributed by atoms with E-state index >= 15 is 0 Å². The van der Waals surface area contributed by atoms with Crippen LogP contribution in [0.3, 0.4) is 0 Å². The largest absolute Gasteiger partial charge is 0.491 e. The highest BCUT2D eigenvalue weighted by Gasteiger charge is 2.43. The minimum atomic E-state index is -5.45. The van der Waals surface area contributed by atoms with E-state index in [-0.39, 0.29) is 6.42 Å². The van der Waals surface area contributed by atoms with Crippen LogP contribution in [-0.2, 0) is 35.1 Å². The predicted octanol–water partition coefficient (Wildman–Crippen LogP) is -0.879. The minimum Gasteiger partial charge on any atom is -0.385 e. The van der Waals surface area contributed by atoms with Crippen molar-refractivity contribution in [3.63, 3.8) is 0 Å². The highest BCUT2D eigenvalue weighted by atomic mass is 19.4. The van der Waals surface area contributed by atoms with Gasteiger partial charge >= 0.3 is 18.1 Å². The maximum Gasteiger partial charge on any atom is 0.491 e. The fourth-order valence-corrected chi connectivity index (χ4v) is 1.96. The van der Waals surface area contributed by atoms with Crippen LogP contribution in [0.2, 0.25) is 0 Å². The molecule has 3 amide bonds. The molecule has 1 rings (SSSR count). The van der Waals surface area contributed by atoms with Crippen molar-refractivity contribution in [1.29, 1.82) is 0 Å². The number of primary amides is 1. The van der Waals surface area contributed by atoms with E-state index in [4.69, 9.17) is 5.73 Å². The summed E-state index contributed by atoms with van der Waals surface area (Å²) in [5.74, 6) is -7.38. The number of ether oxygens (including phenoxy) is 1. The smallest absolute Gasteiger partial charge is 0.385 e. The lowest BCUT2D eigenvalue weighted by Crippen LogP contribution is -2.52. The summed E-state index contributed by atoms with van der Waals surface area (Å²) in [4.78, 5) is 61.3. The number of esters is 2. The summed E-state index contributed by atoms with van der Waals surface area (Å²) in [6.45, 7) is 1.23. The molecule has 0 spiro atoms. The first kappa shape index (κ1) is 23.5. The van der Waals surface area contributed by atoms with Gasteiger partial charge in [0.2, 0.25) is 17.7 Å². The Morgan fingerprint density at radius 3 is 2.24 bits per heavy atom. The lowest BCUT2D eigenvalue weighted by Gasteiger charge is -2.19. The molecule has 0 saturated heterocycles. The number of aromatic nitrogens is 1. The van der Waals surface area contributed by atoms with E-state index < -0.39 is 54.3 Å². The molecule has 0 aliphatic carbocycles. The molecular weight excluding hydrogens is 401 g/mol. The predicted molar refractivity (Wildman–Crippen MR) is 88.4 cm³/mol. The first-order chi connectivity index (χ1) is 13.4. The third kappa shape index (κ3) is 8.36. The van der Waals surface area contributed by atoms with Crippen LogP contribution in [0.5, 0.6) is 0 Å². The molecule has 0 aromatic carbocycles. The fourth-order valence-electron chi connectivity index (χ4n) is 1.96. The second-order valence-corrected chi connectivity index (χ2v) is 5.76. The lowest BCUT2D eigenvalue weighted by atomic mass is 10.1. The van der Waals surface area contributed by atoms with Gasteiger partial charge in [0.05, 0.1) is 12.8 Å². The molecule has 13 heteroatoms. The third-order valence-electron chi connectivity index (χ3n) is 3.32. The van der Waals surface area contributed by atoms with Crippen LogP contribution in [0.25, 0.3) is 0 Å². The zero-order valence-corrected chi connectivity index (χ0v) is 15.0. The first-order valence-electron chi connectivity index (χ1n) is 8.00. The molecule has 10 nitrogen and oxygen atoms in total. The Balaban J connectivity index is 2.70. The zero-order valence-electron chi connectivity index (χ0n) is 15.0. The summed E-state index contributed by atoms with van der Waals surface area (Å²) < 4.78 is 40.2. The van der Waals surface area contributed by atoms with Gasteiger partial charge in [-0.05, 0) is 24.6 Å². The molecule has 0 saturated carbocycles. The van der Waals surface area contributed by atoms with Crippen molar-refractivity contribution < 1.29 is 41.9 Å². The van der Waals surface area contributed by atoms with E-state index in [2.05, 4.69) is 15.0 Å². The number of alkyl halides is 3. The van der Waals surface area contributed by atoms with Crippen molar-refractivity contribution in [3.8, 4) is 0 Å². The van der Waals surface area contributed by atoms with Crippen LogP contribution in [0, 0.1) is 0 Å². The summed E-state index contributed by atoms with van der Waals surface area (Å²) in [5, 5.41) is 4.22. The Kier molecular flexibility index (Phi) is 8.23. The number of amides is 3. The summed E-state index contributed by atoms with van der Waals surface area (Å²) in [7, 11) is 0. The minimum absolute atomic E-state index is 0.0903. The van der Waals surface area contributed by atoms with Crippen LogP contribution in [0.4, 0.5) is 13.2 Å². The number of hydrogen-bond donors (Lipinski definition) is 3. The molecular formula is C16H17F3N4O6. The number of nitrogens with one attached hydrogen (secondary N) is 2. The molecule has 1 heterocycles. The summed E-state index contributed by atoms with van der Waals surface area (Å²) in [5.41, 5.74) is 5.49. The van der Waals surface area contributed by atoms with Gasteiger partial charge in [-0.15, -0.1) is 0 Å². The Bertz CT molecular complexity index is 785. The second kappa shape index (κ2) is 10.1. The van der Waals surface area contributed by atoms with Crippen molar-refractivity contribution >= 4 is 29.7 Å². The van der Waals surface area contributed by atoms with Crippen LogP contribution in [0.1, 0.15) is 18.9 Å². The molecule has 29 heavy (non-hydrogen) atoms. The number of nitrogens with zero attached hydrogens (tertiary/aromatic N) is 1. The average Bonchev–Trinajstić information content (AvgIpc) is 2.60. The molecule has 1 aromatic rings. The monoisotopic (exact) mass is 418 g/mol. The molecule has 0 aliphatic heterocycles. The molecule has 0 fully saturated rings. The van der Waals surface area contributed by atoms with Gasteiger partial charge in [0.25, 0.3) is 0 Å². The standard InChI is InChI=1S/C16H17F3N4O6/c1-8(22-12(25)6-9-2-4-21-5-3-9)13(26)23-10(7-11(20)24)14(27)29-15(28)16(17,18)19/h2-5,8,10H,6-7H2,1H3,(H2,20,24)(H,22,25)(H,23,26)/t8-,10-/m0/s1. The van der Waals surface area contributed by atoms with Gasteiger partial charge in [0, 0.05) is 12.4 Å². The lowest BCUT2D eigenvalue weighted by molar-refractivity contribution is -0.202. The highest BCUT2D eigenvalue weighted by molar-refractivity contribution is 5.96. The number of pyridine rings is 1. The van der Waals surface area contributed by atoms with Crippen LogP contribution in [0.15, 0.2) is 24.5 Å². The molecule has 0 aliphatic rings. The van der Waals surface area contributed by atoms with Crippen LogP contribution in [-0.4, -0.2) is 52.9 Å². The molecule has 158 valence electrons. The van der Waals surface area contributed by atoms with Gasteiger partial charge in [-0.3, -0.25) is 19.4 Å². The van der Waals surface area contributed by atoms with Gasteiger partial charge in [0.15, 0.2) is 0 Å². The number of carbonyl (C=O) groups excluding carboxylic acids is 5.